The molecule has 1 fully saturated rings. The van der Waals surface area contributed by atoms with E-state index in [1.54, 1.807) is 0 Å². The Bertz CT molecular complexity index is 467. The van der Waals surface area contributed by atoms with Crippen LogP contribution >= 0.6 is 15.9 Å². The van der Waals surface area contributed by atoms with E-state index in [9.17, 15) is 4.79 Å². The van der Waals surface area contributed by atoms with Crippen molar-refractivity contribution in [1.82, 2.24) is 10.2 Å². The summed E-state index contributed by atoms with van der Waals surface area (Å²) in [6.45, 7) is 5.56. The summed E-state index contributed by atoms with van der Waals surface area (Å²) < 4.78 is 0.975. The van der Waals surface area contributed by atoms with Crippen molar-refractivity contribution in [2.45, 2.75) is 32.2 Å². The number of hydrogen-bond donors (Lipinski definition) is 2. The number of piperidine rings is 1. The van der Waals surface area contributed by atoms with Gasteiger partial charge in [0.05, 0.1) is 6.54 Å². The molecule has 1 aliphatic heterocycles. The van der Waals surface area contributed by atoms with E-state index >= 15 is 0 Å². The highest BCUT2D eigenvalue weighted by Gasteiger charge is 2.23. The van der Waals surface area contributed by atoms with E-state index < -0.39 is 0 Å². The fraction of sp³-hybridized carbons (Fsp3) is 0.562. The zero-order valence-electron chi connectivity index (χ0n) is 12.6. The van der Waals surface area contributed by atoms with Crippen molar-refractivity contribution in [3.05, 3.63) is 28.7 Å². The molecule has 1 atom stereocenters. The third kappa shape index (κ3) is 5.41. The Morgan fingerprint density at radius 3 is 3.05 bits per heavy atom. The summed E-state index contributed by atoms with van der Waals surface area (Å²) in [4.78, 5) is 14.5. The standard InChI is InChI=1S/C16H24BrN3O/c1-2-18-11-15-8-3-4-9-20(15)12-16(21)19-14-7-5-6-13(17)10-14/h5-7,10,15,18H,2-4,8-9,11-12H2,1H3,(H,19,21). The molecule has 1 unspecified atom stereocenters. The number of amides is 1. The first-order valence-electron chi connectivity index (χ1n) is 7.69. The molecule has 1 aromatic rings. The minimum atomic E-state index is 0.0662. The van der Waals surface area contributed by atoms with Crippen LogP contribution in [0.4, 0.5) is 5.69 Å². The summed E-state index contributed by atoms with van der Waals surface area (Å²) in [5.74, 6) is 0.0662. The number of carbonyl (C=O) groups excluding carboxylic acids is 1. The van der Waals surface area contributed by atoms with Gasteiger partial charge in [-0.1, -0.05) is 35.3 Å². The molecule has 0 aromatic heterocycles. The second-order valence-electron chi connectivity index (χ2n) is 5.49. The van der Waals surface area contributed by atoms with Crippen LogP contribution in [0.2, 0.25) is 0 Å². The number of rotatable bonds is 6. The van der Waals surface area contributed by atoms with Crippen molar-refractivity contribution >= 4 is 27.5 Å². The second-order valence-corrected chi connectivity index (χ2v) is 6.40. The Labute approximate surface area is 135 Å². The maximum Gasteiger partial charge on any atom is 0.238 e. The van der Waals surface area contributed by atoms with Gasteiger partial charge in [-0.05, 0) is 44.1 Å². The first kappa shape index (κ1) is 16.5. The topological polar surface area (TPSA) is 44.4 Å². The van der Waals surface area contributed by atoms with Gasteiger partial charge >= 0.3 is 0 Å². The maximum absolute atomic E-state index is 12.2. The van der Waals surface area contributed by atoms with Crippen LogP contribution < -0.4 is 10.6 Å². The monoisotopic (exact) mass is 353 g/mol. The predicted octanol–water partition coefficient (Wildman–Crippen LogP) is 2.85. The molecule has 116 valence electrons. The van der Waals surface area contributed by atoms with Crippen molar-refractivity contribution in [1.29, 1.82) is 0 Å². The fourth-order valence-corrected chi connectivity index (χ4v) is 3.16. The Kier molecular flexibility index (Phi) is 6.67. The summed E-state index contributed by atoms with van der Waals surface area (Å²) in [7, 11) is 0. The fourth-order valence-electron chi connectivity index (χ4n) is 2.76. The molecule has 1 aromatic carbocycles. The van der Waals surface area contributed by atoms with Gasteiger partial charge in [-0.25, -0.2) is 0 Å². The number of likely N-dealkylation sites (tertiary alicyclic amines) is 1. The van der Waals surface area contributed by atoms with Crippen LogP contribution in [0.25, 0.3) is 0 Å². The van der Waals surface area contributed by atoms with E-state index in [0.29, 0.717) is 12.6 Å². The SMILES string of the molecule is CCNCC1CCCCN1CC(=O)Nc1cccc(Br)c1. The summed E-state index contributed by atoms with van der Waals surface area (Å²) in [5.41, 5.74) is 0.842. The first-order valence-corrected chi connectivity index (χ1v) is 8.48. The van der Waals surface area contributed by atoms with Crippen molar-refractivity contribution in [3.63, 3.8) is 0 Å². The molecule has 4 nitrogen and oxygen atoms in total. The molecule has 0 bridgehead atoms. The number of carbonyl (C=O) groups is 1. The number of likely N-dealkylation sites (N-methyl/N-ethyl adjacent to an activating group) is 1. The largest absolute Gasteiger partial charge is 0.325 e. The molecular weight excluding hydrogens is 330 g/mol. The second kappa shape index (κ2) is 8.51. The van der Waals surface area contributed by atoms with Gasteiger partial charge in [0.15, 0.2) is 0 Å². The van der Waals surface area contributed by atoms with E-state index in [1.165, 1.54) is 19.3 Å². The summed E-state index contributed by atoms with van der Waals surface area (Å²) in [6.07, 6.45) is 3.63. The average Bonchev–Trinajstić information content (AvgIpc) is 2.46. The maximum atomic E-state index is 12.2. The minimum Gasteiger partial charge on any atom is -0.325 e. The average molecular weight is 354 g/mol. The van der Waals surface area contributed by atoms with Crippen molar-refractivity contribution in [2.75, 3.05) is 31.5 Å². The lowest BCUT2D eigenvalue weighted by Gasteiger charge is -2.35. The summed E-state index contributed by atoms with van der Waals surface area (Å²) in [6, 6.07) is 8.19. The van der Waals surface area contributed by atoms with Gasteiger partial charge in [-0.3, -0.25) is 9.69 Å². The van der Waals surface area contributed by atoms with E-state index in [2.05, 4.69) is 38.4 Å². The highest BCUT2D eigenvalue weighted by atomic mass is 79.9. The lowest BCUT2D eigenvalue weighted by Crippen LogP contribution is -2.48. The van der Waals surface area contributed by atoms with E-state index in [1.807, 2.05) is 24.3 Å². The van der Waals surface area contributed by atoms with Crippen molar-refractivity contribution < 1.29 is 4.79 Å². The molecule has 1 aliphatic rings. The van der Waals surface area contributed by atoms with Gasteiger partial charge in [0.1, 0.15) is 0 Å². The number of benzene rings is 1. The van der Waals surface area contributed by atoms with Gasteiger partial charge in [0, 0.05) is 22.7 Å². The first-order chi connectivity index (χ1) is 10.2. The number of nitrogens with one attached hydrogen (secondary N) is 2. The van der Waals surface area contributed by atoms with Crippen LogP contribution in [0.3, 0.4) is 0 Å². The number of halogens is 1. The van der Waals surface area contributed by atoms with Gasteiger partial charge in [0.25, 0.3) is 0 Å². The summed E-state index contributed by atoms with van der Waals surface area (Å²) in [5, 5.41) is 6.37. The number of hydrogen-bond acceptors (Lipinski definition) is 3. The third-order valence-corrected chi connectivity index (χ3v) is 4.33. The molecule has 0 spiro atoms. The van der Waals surface area contributed by atoms with Gasteiger partial charge in [-0.2, -0.15) is 0 Å². The van der Waals surface area contributed by atoms with Crippen LogP contribution in [-0.2, 0) is 4.79 Å². The van der Waals surface area contributed by atoms with Crippen LogP contribution in [0.1, 0.15) is 26.2 Å². The quantitative estimate of drug-likeness (QED) is 0.826. The van der Waals surface area contributed by atoms with E-state index in [4.69, 9.17) is 0 Å². The molecular formula is C16H24BrN3O. The molecule has 5 heteroatoms. The van der Waals surface area contributed by atoms with Gasteiger partial charge in [0.2, 0.25) is 5.91 Å². The molecule has 1 amide bonds. The Hall–Kier alpha value is -0.910. The third-order valence-electron chi connectivity index (χ3n) is 3.83. The zero-order chi connectivity index (χ0) is 15.1. The lowest BCUT2D eigenvalue weighted by molar-refractivity contribution is -0.118. The van der Waals surface area contributed by atoms with Crippen LogP contribution in [0.5, 0.6) is 0 Å². The smallest absolute Gasteiger partial charge is 0.238 e. The van der Waals surface area contributed by atoms with Crippen LogP contribution in [0, 0.1) is 0 Å². The van der Waals surface area contributed by atoms with Gasteiger partial charge < -0.3 is 10.6 Å². The minimum absolute atomic E-state index is 0.0662. The number of nitrogens with zero attached hydrogens (tertiary/aromatic N) is 1. The molecule has 2 N–H and O–H groups in total. The van der Waals surface area contributed by atoms with Crippen molar-refractivity contribution in [2.24, 2.45) is 0 Å². The van der Waals surface area contributed by atoms with Crippen molar-refractivity contribution in [3.8, 4) is 0 Å². The molecule has 1 saturated heterocycles. The Balaban J connectivity index is 1.87. The van der Waals surface area contributed by atoms with Crippen LogP contribution in [-0.4, -0.2) is 43.0 Å². The van der Waals surface area contributed by atoms with Gasteiger partial charge in [-0.15, -0.1) is 0 Å². The van der Waals surface area contributed by atoms with E-state index in [0.717, 1.165) is 29.8 Å². The molecule has 21 heavy (non-hydrogen) atoms. The molecule has 0 radical (unpaired) electrons. The molecule has 1 heterocycles. The normalized spacial score (nSPS) is 19.4. The van der Waals surface area contributed by atoms with Crippen LogP contribution in [0.15, 0.2) is 28.7 Å². The summed E-state index contributed by atoms with van der Waals surface area (Å²) >= 11 is 3.42. The highest BCUT2D eigenvalue weighted by Crippen LogP contribution is 2.18. The molecule has 2 rings (SSSR count). The number of anilines is 1. The highest BCUT2D eigenvalue weighted by molar-refractivity contribution is 9.10. The Morgan fingerprint density at radius 1 is 1.43 bits per heavy atom. The Morgan fingerprint density at radius 2 is 2.29 bits per heavy atom. The predicted molar refractivity (Wildman–Crippen MR) is 90.5 cm³/mol. The molecule has 0 saturated carbocycles. The zero-order valence-corrected chi connectivity index (χ0v) is 14.2. The lowest BCUT2D eigenvalue weighted by atomic mass is 10.0. The van der Waals surface area contributed by atoms with E-state index in [-0.39, 0.29) is 5.91 Å². The molecule has 0 aliphatic carbocycles.